The Morgan fingerprint density at radius 2 is 2.08 bits per heavy atom. The van der Waals surface area contributed by atoms with Crippen LogP contribution in [0.5, 0.6) is 11.5 Å². The molecule has 1 aliphatic rings. The number of tetrazole rings is 1. The molecule has 2 heterocycles. The lowest BCUT2D eigenvalue weighted by Crippen LogP contribution is -2.32. The number of amides is 1. The van der Waals surface area contributed by atoms with Gasteiger partial charge in [0, 0.05) is 5.70 Å². The number of anilines is 1. The summed E-state index contributed by atoms with van der Waals surface area (Å²) < 4.78 is 13.6. The topological polar surface area (TPSA) is 117 Å². The second-order valence-corrected chi connectivity index (χ2v) is 6.43. The van der Waals surface area contributed by atoms with Crippen molar-refractivity contribution in [1.82, 2.24) is 20.2 Å². The zero-order chi connectivity index (χ0) is 18.8. The summed E-state index contributed by atoms with van der Waals surface area (Å²) in [5, 5.41) is 14.6. The summed E-state index contributed by atoms with van der Waals surface area (Å²) in [6.45, 7) is 6.51. The van der Waals surface area contributed by atoms with Crippen LogP contribution in [0.15, 0.2) is 27.9 Å². The predicted molar refractivity (Wildman–Crippen MR) is 98.0 cm³/mol. The van der Waals surface area contributed by atoms with Crippen molar-refractivity contribution in [3.05, 3.63) is 33.4 Å². The van der Waals surface area contributed by atoms with Crippen LogP contribution in [0.4, 0.5) is 5.95 Å². The van der Waals surface area contributed by atoms with Crippen molar-refractivity contribution in [2.24, 2.45) is 5.73 Å². The van der Waals surface area contributed by atoms with E-state index in [4.69, 9.17) is 15.2 Å². The number of aromatic nitrogens is 4. The van der Waals surface area contributed by atoms with Crippen LogP contribution in [0, 0.1) is 0 Å². The molecule has 10 heteroatoms. The number of carbonyl (C=O) groups excluding carboxylic acids is 1. The third-order valence-electron chi connectivity index (χ3n) is 3.92. The Morgan fingerprint density at radius 3 is 2.73 bits per heavy atom. The zero-order valence-corrected chi connectivity index (χ0v) is 16.2. The molecular weight excluding hydrogens is 404 g/mol. The van der Waals surface area contributed by atoms with Gasteiger partial charge in [-0.1, -0.05) is 5.10 Å². The minimum atomic E-state index is -0.579. The average molecular weight is 423 g/mol. The van der Waals surface area contributed by atoms with Crippen LogP contribution in [0.1, 0.15) is 32.4 Å². The lowest BCUT2D eigenvalue weighted by Gasteiger charge is -2.27. The highest BCUT2D eigenvalue weighted by Crippen LogP contribution is 2.42. The molecule has 1 aliphatic heterocycles. The van der Waals surface area contributed by atoms with Gasteiger partial charge >= 0.3 is 0 Å². The van der Waals surface area contributed by atoms with Crippen LogP contribution in [0.3, 0.4) is 0 Å². The molecule has 1 unspecified atom stereocenters. The van der Waals surface area contributed by atoms with Crippen molar-refractivity contribution in [2.45, 2.75) is 26.8 Å². The van der Waals surface area contributed by atoms with E-state index in [1.54, 1.807) is 6.92 Å². The molecule has 0 aliphatic carbocycles. The molecule has 1 atom stereocenters. The third kappa shape index (κ3) is 3.12. The largest absolute Gasteiger partial charge is 0.490 e. The Labute approximate surface area is 158 Å². The molecule has 1 aromatic heterocycles. The molecule has 0 radical (unpaired) electrons. The van der Waals surface area contributed by atoms with E-state index < -0.39 is 11.9 Å². The molecule has 26 heavy (non-hydrogen) atoms. The summed E-state index contributed by atoms with van der Waals surface area (Å²) in [5.41, 5.74) is 7.36. The standard InChI is InChI=1S/C16H19BrN6O3/c1-4-25-11-7-9(6-10(17)14(11)26-5-2)13-12(15(18)24)8(3)19-16-20-21-22-23(13)16/h6-7,13H,4-5H2,1-3H3,(H2,18,24)(H,19,20,22). The Bertz CT molecular complexity index is 879. The molecule has 1 amide bonds. The number of ether oxygens (including phenoxy) is 2. The third-order valence-corrected chi connectivity index (χ3v) is 4.50. The Morgan fingerprint density at radius 1 is 1.35 bits per heavy atom. The van der Waals surface area contributed by atoms with Gasteiger partial charge in [-0.15, -0.1) is 0 Å². The van der Waals surface area contributed by atoms with E-state index in [0.29, 0.717) is 46.4 Å². The van der Waals surface area contributed by atoms with Gasteiger partial charge in [0.15, 0.2) is 11.5 Å². The van der Waals surface area contributed by atoms with Crippen LogP contribution in [0.25, 0.3) is 0 Å². The van der Waals surface area contributed by atoms with Gasteiger partial charge in [-0.25, -0.2) is 0 Å². The highest BCUT2D eigenvalue weighted by Gasteiger charge is 2.34. The van der Waals surface area contributed by atoms with Crippen molar-refractivity contribution < 1.29 is 14.3 Å². The van der Waals surface area contributed by atoms with Crippen molar-refractivity contribution in [3.63, 3.8) is 0 Å². The summed E-state index contributed by atoms with van der Waals surface area (Å²) in [7, 11) is 0. The maximum Gasteiger partial charge on any atom is 0.248 e. The average Bonchev–Trinajstić information content (AvgIpc) is 3.04. The SMILES string of the molecule is CCOc1cc(C2C(C(N)=O)=C(C)Nc3nnnn32)cc(Br)c1OCC. The van der Waals surface area contributed by atoms with E-state index >= 15 is 0 Å². The fourth-order valence-electron chi connectivity index (χ4n) is 2.93. The van der Waals surface area contributed by atoms with Crippen molar-refractivity contribution in [3.8, 4) is 11.5 Å². The van der Waals surface area contributed by atoms with Gasteiger partial charge in [0.1, 0.15) is 6.04 Å². The molecule has 1 aromatic carbocycles. The van der Waals surface area contributed by atoms with Crippen LogP contribution in [-0.4, -0.2) is 39.3 Å². The summed E-state index contributed by atoms with van der Waals surface area (Å²) in [6.07, 6.45) is 0. The molecule has 3 N–H and O–H groups in total. The van der Waals surface area contributed by atoms with Gasteiger partial charge in [-0.2, -0.15) is 4.68 Å². The van der Waals surface area contributed by atoms with Crippen LogP contribution in [0.2, 0.25) is 0 Å². The number of carbonyl (C=O) groups is 1. The van der Waals surface area contributed by atoms with Gasteiger partial charge < -0.3 is 20.5 Å². The first-order valence-corrected chi connectivity index (χ1v) is 8.91. The van der Waals surface area contributed by atoms with Gasteiger partial charge in [0.05, 0.1) is 23.3 Å². The molecule has 2 aromatic rings. The van der Waals surface area contributed by atoms with E-state index in [1.807, 2.05) is 26.0 Å². The summed E-state index contributed by atoms with van der Waals surface area (Å²) >= 11 is 3.52. The second kappa shape index (κ2) is 7.32. The number of rotatable bonds is 6. The lowest BCUT2D eigenvalue weighted by atomic mass is 9.95. The second-order valence-electron chi connectivity index (χ2n) is 5.57. The van der Waals surface area contributed by atoms with E-state index in [1.165, 1.54) is 4.68 Å². The van der Waals surface area contributed by atoms with E-state index in [-0.39, 0.29) is 0 Å². The number of hydrogen-bond donors (Lipinski definition) is 2. The first kappa shape index (κ1) is 18.2. The molecule has 0 fully saturated rings. The van der Waals surface area contributed by atoms with Crippen LogP contribution < -0.4 is 20.5 Å². The fourth-order valence-corrected chi connectivity index (χ4v) is 3.51. The van der Waals surface area contributed by atoms with Gasteiger partial charge in [0.2, 0.25) is 11.9 Å². The zero-order valence-electron chi connectivity index (χ0n) is 14.6. The molecule has 0 spiro atoms. The number of nitrogens with one attached hydrogen (secondary N) is 1. The molecule has 0 saturated carbocycles. The number of benzene rings is 1. The smallest absolute Gasteiger partial charge is 0.248 e. The number of nitrogens with two attached hydrogens (primary N) is 1. The highest BCUT2D eigenvalue weighted by molar-refractivity contribution is 9.10. The summed E-state index contributed by atoms with van der Waals surface area (Å²) in [5.74, 6) is 1.04. The van der Waals surface area contributed by atoms with E-state index in [2.05, 4.69) is 36.8 Å². The first-order valence-electron chi connectivity index (χ1n) is 8.12. The lowest BCUT2D eigenvalue weighted by molar-refractivity contribution is -0.115. The number of allylic oxidation sites excluding steroid dienone is 1. The minimum absolute atomic E-state index is 0.378. The number of fused-ring (bicyclic) bond motifs is 1. The Balaban J connectivity index is 2.19. The maximum absolute atomic E-state index is 12.1. The van der Waals surface area contributed by atoms with Crippen molar-refractivity contribution >= 4 is 27.8 Å². The molecule has 9 nitrogen and oxygen atoms in total. The van der Waals surface area contributed by atoms with E-state index in [0.717, 1.165) is 5.56 Å². The van der Waals surface area contributed by atoms with Gasteiger partial charge in [-0.3, -0.25) is 4.79 Å². The van der Waals surface area contributed by atoms with Gasteiger partial charge in [0.25, 0.3) is 0 Å². The highest BCUT2D eigenvalue weighted by atomic mass is 79.9. The van der Waals surface area contributed by atoms with E-state index in [9.17, 15) is 4.79 Å². The molecule has 0 saturated heterocycles. The molecule has 0 bridgehead atoms. The Kier molecular flexibility index (Phi) is 5.12. The molecule has 138 valence electrons. The number of primary amides is 1. The van der Waals surface area contributed by atoms with Crippen molar-refractivity contribution in [2.75, 3.05) is 18.5 Å². The summed E-state index contributed by atoms with van der Waals surface area (Å²) in [6, 6.07) is 3.09. The monoisotopic (exact) mass is 422 g/mol. The summed E-state index contributed by atoms with van der Waals surface area (Å²) in [4.78, 5) is 12.1. The predicted octanol–water partition coefficient (Wildman–Crippen LogP) is 2.01. The number of halogens is 1. The quantitative estimate of drug-likeness (QED) is 0.730. The first-order chi connectivity index (χ1) is 12.5. The Hall–Kier alpha value is -2.62. The number of nitrogens with zero attached hydrogens (tertiary/aromatic N) is 4. The van der Waals surface area contributed by atoms with Crippen LogP contribution >= 0.6 is 15.9 Å². The fraction of sp³-hybridized carbons (Fsp3) is 0.375. The van der Waals surface area contributed by atoms with Gasteiger partial charge in [-0.05, 0) is 64.8 Å². The van der Waals surface area contributed by atoms with Crippen LogP contribution in [-0.2, 0) is 4.79 Å². The number of hydrogen-bond acceptors (Lipinski definition) is 7. The molecular formula is C16H19BrN6O3. The maximum atomic E-state index is 12.1. The molecule has 3 rings (SSSR count). The minimum Gasteiger partial charge on any atom is -0.490 e. The van der Waals surface area contributed by atoms with Crippen molar-refractivity contribution in [1.29, 1.82) is 0 Å². The normalized spacial score (nSPS) is 16.1.